The van der Waals surface area contributed by atoms with E-state index in [1.54, 1.807) is 0 Å². The molecule has 0 bridgehead atoms. The molecular formula is C10H22N2O3S. The maximum Gasteiger partial charge on any atom is 0.279 e. The minimum absolute atomic E-state index is 0.107. The van der Waals surface area contributed by atoms with Gasteiger partial charge in [0.1, 0.15) is 0 Å². The Morgan fingerprint density at radius 2 is 1.94 bits per heavy atom. The summed E-state index contributed by atoms with van der Waals surface area (Å²) >= 11 is 0. The third-order valence-corrected chi connectivity index (χ3v) is 4.55. The summed E-state index contributed by atoms with van der Waals surface area (Å²) in [5.41, 5.74) is 0. The summed E-state index contributed by atoms with van der Waals surface area (Å²) in [7, 11) is -3.31. The van der Waals surface area contributed by atoms with Crippen molar-refractivity contribution in [3.63, 3.8) is 0 Å². The van der Waals surface area contributed by atoms with Gasteiger partial charge < -0.3 is 5.11 Å². The summed E-state index contributed by atoms with van der Waals surface area (Å²) in [5.74, 6) is 0. The SMILES string of the molecule is CC(CCCO)NS(=O)(=O)N1CCCCC1. The Morgan fingerprint density at radius 3 is 2.50 bits per heavy atom. The van der Waals surface area contributed by atoms with Crippen LogP contribution in [-0.2, 0) is 10.2 Å². The second kappa shape index (κ2) is 6.54. The van der Waals surface area contributed by atoms with Crippen LogP contribution in [0.25, 0.3) is 0 Å². The highest BCUT2D eigenvalue weighted by molar-refractivity contribution is 7.87. The van der Waals surface area contributed by atoms with Gasteiger partial charge in [0, 0.05) is 25.7 Å². The Kier molecular flexibility index (Phi) is 5.68. The zero-order valence-electron chi connectivity index (χ0n) is 9.85. The maximum absolute atomic E-state index is 11.9. The molecule has 6 heteroatoms. The molecule has 1 unspecified atom stereocenters. The van der Waals surface area contributed by atoms with Gasteiger partial charge in [0.05, 0.1) is 0 Å². The first-order valence-corrected chi connectivity index (χ1v) is 7.38. The third-order valence-electron chi connectivity index (χ3n) is 2.80. The molecule has 2 N–H and O–H groups in total. The van der Waals surface area contributed by atoms with Crippen molar-refractivity contribution in [2.75, 3.05) is 19.7 Å². The molecule has 0 spiro atoms. The predicted molar refractivity (Wildman–Crippen MR) is 63.3 cm³/mol. The first-order valence-electron chi connectivity index (χ1n) is 5.94. The van der Waals surface area contributed by atoms with Crippen molar-refractivity contribution in [3.05, 3.63) is 0 Å². The molecule has 0 radical (unpaired) electrons. The van der Waals surface area contributed by atoms with Crippen molar-refractivity contribution >= 4 is 10.2 Å². The number of hydrogen-bond acceptors (Lipinski definition) is 3. The molecule has 96 valence electrons. The first kappa shape index (κ1) is 13.9. The number of aliphatic hydroxyl groups is 1. The highest BCUT2D eigenvalue weighted by atomic mass is 32.2. The van der Waals surface area contributed by atoms with Crippen LogP contribution in [0.2, 0.25) is 0 Å². The van der Waals surface area contributed by atoms with Gasteiger partial charge in [-0.1, -0.05) is 6.42 Å². The van der Waals surface area contributed by atoms with Crippen molar-refractivity contribution in [2.24, 2.45) is 0 Å². The van der Waals surface area contributed by atoms with Gasteiger partial charge in [0.15, 0.2) is 0 Å². The number of rotatable bonds is 6. The quantitative estimate of drug-likeness (QED) is 0.720. The molecule has 16 heavy (non-hydrogen) atoms. The van der Waals surface area contributed by atoms with E-state index in [9.17, 15) is 8.42 Å². The summed E-state index contributed by atoms with van der Waals surface area (Å²) < 4.78 is 28.0. The average molecular weight is 250 g/mol. The van der Waals surface area contributed by atoms with Crippen molar-refractivity contribution in [2.45, 2.75) is 45.1 Å². The molecule has 5 nitrogen and oxygen atoms in total. The standard InChI is InChI=1S/C10H22N2O3S/c1-10(6-5-9-13)11-16(14,15)12-7-3-2-4-8-12/h10-11,13H,2-9H2,1H3. The van der Waals surface area contributed by atoms with Crippen LogP contribution >= 0.6 is 0 Å². The molecule has 0 aliphatic carbocycles. The summed E-state index contributed by atoms with van der Waals surface area (Å²) in [4.78, 5) is 0. The molecule has 0 aromatic rings. The van der Waals surface area contributed by atoms with Crippen LogP contribution in [0.3, 0.4) is 0 Å². The monoisotopic (exact) mass is 250 g/mol. The fourth-order valence-corrected chi connectivity index (χ4v) is 3.40. The Balaban J connectivity index is 2.43. The van der Waals surface area contributed by atoms with Gasteiger partial charge in [-0.15, -0.1) is 0 Å². The largest absolute Gasteiger partial charge is 0.396 e. The van der Waals surface area contributed by atoms with Crippen LogP contribution in [0.1, 0.15) is 39.0 Å². The van der Waals surface area contributed by atoms with Crippen molar-refractivity contribution in [1.82, 2.24) is 9.03 Å². The van der Waals surface area contributed by atoms with Gasteiger partial charge in [-0.25, -0.2) is 0 Å². The number of aliphatic hydroxyl groups excluding tert-OH is 1. The molecule has 1 saturated heterocycles. The number of nitrogens with one attached hydrogen (secondary N) is 1. The summed E-state index contributed by atoms with van der Waals surface area (Å²) in [6, 6.07) is -0.112. The van der Waals surface area contributed by atoms with Crippen LogP contribution < -0.4 is 4.72 Å². The van der Waals surface area contributed by atoms with Crippen LogP contribution in [0.5, 0.6) is 0 Å². The molecule has 1 fully saturated rings. The summed E-state index contributed by atoms with van der Waals surface area (Å²) in [6.07, 6.45) is 4.32. The fourth-order valence-electron chi connectivity index (χ4n) is 1.89. The van der Waals surface area contributed by atoms with E-state index in [1.807, 2.05) is 6.92 Å². The molecule has 0 aromatic carbocycles. The highest BCUT2D eigenvalue weighted by Gasteiger charge is 2.24. The fraction of sp³-hybridized carbons (Fsp3) is 1.00. The zero-order chi connectivity index (χ0) is 12.0. The lowest BCUT2D eigenvalue weighted by atomic mass is 10.2. The summed E-state index contributed by atoms with van der Waals surface area (Å²) in [6.45, 7) is 3.19. The Labute approximate surface area is 98.0 Å². The smallest absolute Gasteiger partial charge is 0.279 e. The van der Waals surface area contributed by atoms with Crippen LogP contribution in [0.15, 0.2) is 0 Å². The van der Waals surface area contributed by atoms with E-state index < -0.39 is 10.2 Å². The molecule has 0 aromatic heterocycles. The molecular weight excluding hydrogens is 228 g/mol. The Hall–Kier alpha value is -0.170. The lowest BCUT2D eigenvalue weighted by Crippen LogP contribution is -2.46. The Morgan fingerprint density at radius 1 is 1.31 bits per heavy atom. The van der Waals surface area contributed by atoms with Crippen LogP contribution in [0, 0.1) is 0 Å². The second-order valence-electron chi connectivity index (χ2n) is 4.35. The van der Waals surface area contributed by atoms with Gasteiger partial charge in [-0.3, -0.25) is 0 Å². The van der Waals surface area contributed by atoms with E-state index in [2.05, 4.69) is 4.72 Å². The van der Waals surface area contributed by atoms with Gasteiger partial charge in [0.2, 0.25) is 0 Å². The van der Waals surface area contributed by atoms with Crippen LogP contribution in [0.4, 0.5) is 0 Å². The van der Waals surface area contributed by atoms with E-state index in [1.165, 1.54) is 4.31 Å². The van der Waals surface area contributed by atoms with E-state index >= 15 is 0 Å². The van der Waals surface area contributed by atoms with Gasteiger partial charge in [-0.2, -0.15) is 17.4 Å². The van der Waals surface area contributed by atoms with Crippen molar-refractivity contribution in [1.29, 1.82) is 0 Å². The van der Waals surface area contributed by atoms with Gasteiger partial charge in [0.25, 0.3) is 10.2 Å². The average Bonchev–Trinajstić information content (AvgIpc) is 2.27. The first-order chi connectivity index (χ1) is 7.56. The third kappa shape index (κ3) is 4.37. The molecule has 1 atom stereocenters. The lowest BCUT2D eigenvalue weighted by Gasteiger charge is -2.27. The Bertz CT molecular complexity index is 286. The normalized spacial score (nSPS) is 20.9. The zero-order valence-corrected chi connectivity index (χ0v) is 10.7. The van der Waals surface area contributed by atoms with E-state index in [4.69, 9.17) is 5.11 Å². The molecule has 1 rings (SSSR count). The van der Waals surface area contributed by atoms with E-state index in [-0.39, 0.29) is 12.6 Å². The second-order valence-corrected chi connectivity index (χ2v) is 6.05. The highest BCUT2D eigenvalue weighted by Crippen LogP contribution is 2.12. The predicted octanol–water partition coefficient (Wildman–Crippen LogP) is 0.468. The molecule has 1 aliphatic rings. The van der Waals surface area contributed by atoms with E-state index in [0.717, 1.165) is 19.3 Å². The number of hydrogen-bond donors (Lipinski definition) is 2. The summed E-state index contributed by atoms with van der Waals surface area (Å²) in [5, 5.41) is 8.67. The van der Waals surface area contributed by atoms with Gasteiger partial charge >= 0.3 is 0 Å². The van der Waals surface area contributed by atoms with Crippen molar-refractivity contribution in [3.8, 4) is 0 Å². The van der Waals surface area contributed by atoms with Crippen LogP contribution in [-0.4, -0.2) is 43.6 Å². The van der Waals surface area contributed by atoms with E-state index in [0.29, 0.717) is 25.9 Å². The molecule has 0 amide bonds. The lowest BCUT2D eigenvalue weighted by molar-refractivity contribution is 0.278. The maximum atomic E-state index is 11.9. The molecule has 0 saturated carbocycles. The molecule has 1 aliphatic heterocycles. The minimum atomic E-state index is -3.31. The number of piperidine rings is 1. The van der Waals surface area contributed by atoms with Gasteiger partial charge in [-0.05, 0) is 32.6 Å². The van der Waals surface area contributed by atoms with Crippen molar-refractivity contribution < 1.29 is 13.5 Å². The topological polar surface area (TPSA) is 69.6 Å². The number of nitrogens with zero attached hydrogens (tertiary/aromatic N) is 1. The molecule has 1 heterocycles. The minimum Gasteiger partial charge on any atom is -0.396 e.